The van der Waals surface area contributed by atoms with E-state index in [4.69, 9.17) is 4.74 Å². The predicted octanol–water partition coefficient (Wildman–Crippen LogP) is 3.20. The van der Waals surface area contributed by atoms with Gasteiger partial charge in [0.2, 0.25) is 0 Å². The first kappa shape index (κ1) is 18.4. The van der Waals surface area contributed by atoms with E-state index in [1.165, 1.54) is 31.4 Å². The number of nitrogens with one attached hydrogen (secondary N) is 1. The second-order valence-electron chi connectivity index (χ2n) is 6.25. The van der Waals surface area contributed by atoms with Crippen LogP contribution in [-0.4, -0.2) is 35.4 Å². The number of benzene rings is 2. The molecule has 0 saturated heterocycles. The number of hydrogen-bond acceptors (Lipinski definition) is 5. The third kappa shape index (κ3) is 3.86. The van der Waals surface area contributed by atoms with Gasteiger partial charge in [-0.25, -0.2) is 13.9 Å². The Labute approximate surface area is 165 Å². The van der Waals surface area contributed by atoms with Gasteiger partial charge in [-0.15, -0.1) is 0 Å². The Kier molecular flexibility index (Phi) is 4.82. The summed E-state index contributed by atoms with van der Waals surface area (Å²) in [7, 11) is 1.29. The summed E-state index contributed by atoms with van der Waals surface area (Å²) in [4.78, 5) is 23.0. The van der Waals surface area contributed by atoms with Crippen LogP contribution in [0.25, 0.3) is 23.0 Å². The Hall–Kier alpha value is -3.94. The predicted molar refractivity (Wildman–Crippen MR) is 104 cm³/mol. The van der Waals surface area contributed by atoms with E-state index in [2.05, 4.69) is 15.2 Å². The normalized spacial score (nSPS) is 13.0. The van der Waals surface area contributed by atoms with Gasteiger partial charge in [0.05, 0.1) is 29.9 Å². The fourth-order valence-electron chi connectivity index (χ4n) is 2.93. The summed E-state index contributed by atoms with van der Waals surface area (Å²) in [6, 6.07) is 13.0. The van der Waals surface area contributed by atoms with Gasteiger partial charge in [-0.3, -0.25) is 4.79 Å². The van der Waals surface area contributed by atoms with Crippen molar-refractivity contribution in [2.45, 2.75) is 0 Å². The number of carbonyl (C=O) groups excluding carboxylic acids is 2. The Balaban J connectivity index is 1.80. The number of nitrogens with zero attached hydrogens (tertiary/aromatic N) is 2. The summed E-state index contributed by atoms with van der Waals surface area (Å²) < 4.78 is 25.0. The summed E-state index contributed by atoms with van der Waals surface area (Å²) in [5.74, 6) is -0.520. The Morgan fingerprint density at radius 2 is 2.03 bits per heavy atom. The maximum absolute atomic E-state index is 13.4. The molecule has 1 N–H and O–H groups in total. The van der Waals surface area contributed by atoms with Gasteiger partial charge in [-0.1, -0.05) is 0 Å². The first-order chi connectivity index (χ1) is 14.0. The number of fused-ring (bicyclic) bond motifs is 1. The fourth-order valence-corrected chi connectivity index (χ4v) is 2.93. The highest BCUT2D eigenvalue weighted by molar-refractivity contribution is 5.96. The lowest BCUT2D eigenvalue weighted by molar-refractivity contribution is -0.134. The Morgan fingerprint density at radius 3 is 2.79 bits per heavy atom. The molecule has 0 spiro atoms. The number of carbonyl (C=O) groups is 2. The van der Waals surface area contributed by atoms with Crippen molar-refractivity contribution in [3.05, 3.63) is 66.1 Å². The molecule has 1 aliphatic rings. The summed E-state index contributed by atoms with van der Waals surface area (Å²) in [5.41, 5.74) is 3.13. The molecule has 0 unspecified atom stereocenters. The maximum Gasteiger partial charge on any atom is 0.330 e. The molecule has 0 radical (unpaired) electrons. The van der Waals surface area contributed by atoms with Gasteiger partial charge in [-0.2, -0.15) is 5.10 Å². The fraction of sp³-hybridized carbons (Fsp3) is 0.0952. The van der Waals surface area contributed by atoms with Crippen LogP contribution >= 0.6 is 0 Å². The molecule has 0 aliphatic carbocycles. The topological polar surface area (TPSA) is 82.5 Å². The van der Waals surface area contributed by atoms with Crippen LogP contribution in [-0.2, 0) is 14.3 Å². The number of methoxy groups -OCH3 is 1. The SMILES string of the molecule is COC(=O)/C=C/c1cc(-c2ccc3c(c2)NC(=O)CO3)n(-c2ccc(F)cc2)n1. The quantitative estimate of drug-likeness (QED) is 0.544. The molecular weight excluding hydrogens is 377 g/mol. The number of ether oxygens (including phenoxy) is 2. The van der Waals surface area contributed by atoms with E-state index in [0.29, 0.717) is 28.5 Å². The maximum atomic E-state index is 13.4. The van der Waals surface area contributed by atoms with Gasteiger partial charge in [0, 0.05) is 11.6 Å². The molecule has 7 nitrogen and oxygen atoms in total. The average molecular weight is 393 g/mol. The van der Waals surface area contributed by atoms with E-state index in [0.717, 1.165) is 5.56 Å². The lowest BCUT2D eigenvalue weighted by Crippen LogP contribution is -2.25. The van der Waals surface area contributed by atoms with Crippen LogP contribution in [0.5, 0.6) is 5.75 Å². The number of halogens is 1. The summed E-state index contributed by atoms with van der Waals surface area (Å²) in [5, 5.41) is 7.27. The monoisotopic (exact) mass is 393 g/mol. The van der Waals surface area contributed by atoms with Crippen molar-refractivity contribution >= 4 is 23.6 Å². The molecule has 0 saturated carbocycles. The van der Waals surface area contributed by atoms with Crippen LogP contribution in [0.2, 0.25) is 0 Å². The van der Waals surface area contributed by atoms with E-state index in [1.807, 2.05) is 6.07 Å². The molecule has 0 bridgehead atoms. The van der Waals surface area contributed by atoms with Gasteiger partial charge in [-0.05, 0) is 54.6 Å². The first-order valence-electron chi connectivity index (χ1n) is 8.72. The van der Waals surface area contributed by atoms with Crippen molar-refractivity contribution in [3.63, 3.8) is 0 Å². The molecule has 8 heteroatoms. The van der Waals surface area contributed by atoms with E-state index in [-0.39, 0.29) is 18.3 Å². The molecule has 0 atom stereocenters. The lowest BCUT2D eigenvalue weighted by Gasteiger charge is -2.18. The van der Waals surface area contributed by atoms with Crippen molar-refractivity contribution in [1.82, 2.24) is 9.78 Å². The van der Waals surface area contributed by atoms with E-state index >= 15 is 0 Å². The highest BCUT2D eigenvalue weighted by Crippen LogP contribution is 2.34. The molecule has 1 amide bonds. The molecule has 146 valence electrons. The lowest BCUT2D eigenvalue weighted by atomic mass is 10.1. The van der Waals surface area contributed by atoms with E-state index in [1.54, 1.807) is 35.0 Å². The van der Waals surface area contributed by atoms with Gasteiger partial charge in [0.25, 0.3) is 5.91 Å². The molecule has 3 aromatic rings. The Bertz CT molecular complexity index is 1120. The number of esters is 1. The molecular formula is C21H16FN3O4. The smallest absolute Gasteiger partial charge is 0.330 e. The van der Waals surface area contributed by atoms with Gasteiger partial charge < -0.3 is 14.8 Å². The molecule has 1 aliphatic heterocycles. The largest absolute Gasteiger partial charge is 0.482 e. The van der Waals surface area contributed by atoms with Crippen molar-refractivity contribution in [2.75, 3.05) is 19.0 Å². The third-order valence-corrected chi connectivity index (χ3v) is 4.30. The first-order valence-corrected chi connectivity index (χ1v) is 8.72. The second kappa shape index (κ2) is 7.59. The summed E-state index contributed by atoms with van der Waals surface area (Å²) >= 11 is 0. The van der Waals surface area contributed by atoms with E-state index < -0.39 is 5.97 Å². The minimum atomic E-state index is -0.503. The molecule has 2 heterocycles. The molecule has 29 heavy (non-hydrogen) atoms. The summed E-state index contributed by atoms with van der Waals surface area (Å²) in [6.07, 6.45) is 2.79. The number of anilines is 1. The number of aromatic nitrogens is 2. The van der Waals surface area contributed by atoms with E-state index in [9.17, 15) is 14.0 Å². The zero-order valence-electron chi connectivity index (χ0n) is 15.4. The summed E-state index contributed by atoms with van der Waals surface area (Å²) in [6.45, 7) is -0.0255. The van der Waals surface area contributed by atoms with Crippen LogP contribution in [0.3, 0.4) is 0 Å². The zero-order chi connectivity index (χ0) is 20.4. The molecule has 0 fully saturated rings. The average Bonchev–Trinajstić information content (AvgIpc) is 3.16. The standard InChI is InChI=1S/C21H16FN3O4/c1-28-21(27)9-5-15-11-18(25(24-15)16-6-3-14(22)4-7-16)13-2-8-19-17(10-13)23-20(26)12-29-19/h2-11H,12H2,1H3,(H,23,26)/b9-5+. The number of amides is 1. The van der Waals surface area contributed by atoms with Crippen molar-refractivity contribution < 1.29 is 23.5 Å². The molecule has 2 aromatic carbocycles. The minimum absolute atomic E-state index is 0.0255. The zero-order valence-corrected chi connectivity index (χ0v) is 15.4. The van der Waals surface area contributed by atoms with Gasteiger partial charge in [0.15, 0.2) is 6.61 Å². The second-order valence-corrected chi connectivity index (χ2v) is 6.25. The number of hydrogen-bond donors (Lipinski definition) is 1. The van der Waals surface area contributed by atoms with Crippen molar-refractivity contribution in [2.24, 2.45) is 0 Å². The number of rotatable bonds is 4. The Morgan fingerprint density at radius 1 is 1.24 bits per heavy atom. The van der Waals surface area contributed by atoms with Crippen molar-refractivity contribution in [1.29, 1.82) is 0 Å². The third-order valence-electron chi connectivity index (χ3n) is 4.30. The van der Waals surface area contributed by atoms with Crippen LogP contribution in [0.1, 0.15) is 5.69 Å². The van der Waals surface area contributed by atoms with Crippen LogP contribution in [0.15, 0.2) is 54.6 Å². The minimum Gasteiger partial charge on any atom is -0.482 e. The molecule has 4 rings (SSSR count). The van der Waals surface area contributed by atoms with Crippen molar-refractivity contribution in [3.8, 4) is 22.7 Å². The highest BCUT2D eigenvalue weighted by atomic mass is 19.1. The molecule has 1 aromatic heterocycles. The van der Waals surface area contributed by atoms with Crippen LogP contribution in [0.4, 0.5) is 10.1 Å². The van der Waals surface area contributed by atoms with Gasteiger partial charge in [0.1, 0.15) is 11.6 Å². The van der Waals surface area contributed by atoms with Crippen LogP contribution in [0, 0.1) is 5.82 Å². The highest BCUT2D eigenvalue weighted by Gasteiger charge is 2.18. The van der Waals surface area contributed by atoms with Gasteiger partial charge >= 0.3 is 5.97 Å². The van der Waals surface area contributed by atoms with Crippen LogP contribution < -0.4 is 10.1 Å².